The van der Waals surface area contributed by atoms with Crippen LogP contribution in [0.15, 0.2) is 36.4 Å². The monoisotopic (exact) mass is 383 g/mol. The van der Waals surface area contributed by atoms with Gasteiger partial charge in [-0.3, -0.25) is 14.9 Å². The maximum absolute atomic E-state index is 12.7. The van der Waals surface area contributed by atoms with Crippen molar-refractivity contribution in [3.8, 4) is 0 Å². The van der Waals surface area contributed by atoms with Gasteiger partial charge >= 0.3 is 5.97 Å². The van der Waals surface area contributed by atoms with Crippen LogP contribution in [-0.2, 0) is 4.74 Å². The summed E-state index contributed by atoms with van der Waals surface area (Å²) < 4.78 is 4.77. The van der Waals surface area contributed by atoms with Crippen LogP contribution >= 0.6 is 0 Å². The number of esters is 1. The van der Waals surface area contributed by atoms with E-state index in [1.54, 1.807) is 25.1 Å². The van der Waals surface area contributed by atoms with Gasteiger partial charge in [-0.05, 0) is 50.1 Å². The first-order chi connectivity index (χ1) is 13.4. The van der Waals surface area contributed by atoms with Gasteiger partial charge in [0, 0.05) is 30.3 Å². The molecule has 0 saturated carbocycles. The molecule has 1 N–H and O–H groups in total. The molecule has 3 rings (SSSR count). The zero-order chi connectivity index (χ0) is 20.3. The minimum atomic E-state index is -0.491. The van der Waals surface area contributed by atoms with Crippen molar-refractivity contribution in [1.82, 2.24) is 0 Å². The number of nitrogens with zero attached hydrogens (tertiary/aromatic N) is 2. The van der Waals surface area contributed by atoms with E-state index in [0.29, 0.717) is 22.4 Å². The molecule has 0 bridgehead atoms. The van der Waals surface area contributed by atoms with E-state index in [1.807, 2.05) is 0 Å². The molecule has 2 aromatic rings. The summed E-state index contributed by atoms with van der Waals surface area (Å²) in [6.45, 7) is 3.33. The van der Waals surface area contributed by atoms with Crippen LogP contribution in [0.5, 0.6) is 0 Å². The maximum atomic E-state index is 12.7. The highest BCUT2D eigenvalue weighted by Crippen LogP contribution is 2.31. The largest absolute Gasteiger partial charge is 0.465 e. The average molecular weight is 383 g/mol. The molecule has 1 aliphatic heterocycles. The normalized spacial score (nSPS) is 13.3. The molecular weight excluding hydrogens is 362 g/mol. The van der Waals surface area contributed by atoms with Gasteiger partial charge in [0.15, 0.2) is 0 Å². The second kappa shape index (κ2) is 8.08. The highest BCUT2D eigenvalue weighted by Gasteiger charge is 2.20. The highest BCUT2D eigenvalue weighted by atomic mass is 16.6. The van der Waals surface area contributed by atoms with Crippen molar-refractivity contribution in [2.24, 2.45) is 0 Å². The fourth-order valence-corrected chi connectivity index (χ4v) is 3.31. The molecule has 1 heterocycles. The summed E-state index contributed by atoms with van der Waals surface area (Å²) in [5.41, 5.74) is 2.34. The lowest BCUT2D eigenvalue weighted by Gasteiger charge is -2.22. The molecule has 0 spiro atoms. The topological polar surface area (TPSA) is 102 Å². The summed E-state index contributed by atoms with van der Waals surface area (Å²) in [5, 5.41) is 13.8. The minimum Gasteiger partial charge on any atom is -0.465 e. The Bertz CT molecular complexity index is 935. The van der Waals surface area contributed by atoms with E-state index < -0.39 is 16.8 Å². The fourth-order valence-electron chi connectivity index (χ4n) is 3.31. The standard InChI is InChI=1S/C20H21N3O5/c1-13-11-14(5-7-17(13)23(26)27)19(24)21-16-12-15(20(25)28-2)6-8-18(16)22-9-3-4-10-22/h5-8,11-12H,3-4,9-10H2,1-2H3,(H,21,24). The Morgan fingerprint density at radius 3 is 2.39 bits per heavy atom. The number of ether oxygens (including phenoxy) is 1. The molecule has 0 unspecified atom stereocenters. The average Bonchev–Trinajstić information content (AvgIpc) is 3.21. The van der Waals surface area contributed by atoms with Crippen LogP contribution in [0.1, 0.15) is 39.1 Å². The molecule has 0 radical (unpaired) electrons. The predicted molar refractivity (Wildman–Crippen MR) is 105 cm³/mol. The summed E-state index contributed by atoms with van der Waals surface area (Å²) in [6, 6.07) is 9.28. The number of hydrogen-bond donors (Lipinski definition) is 1. The molecule has 0 aliphatic carbocycles. The van der Waals surface area contributed by atoms with Gasteiger partial charge in [-0.15, -0.1) is 0 Å². The Balaban J connectivity index is 1.92. The Morgan fingerprint density at radius 2 is 1.79 bits per heavy atom. The number of nitrogens with one attached hydrogen (secondary N) is 1. The molecule has 1 amide bonds. The number of nitro benzene ring substituents is 1. The quantitative estimate of drug-likeness (QED) is 0.481. The van der Waals surface area contributed by atoms with Crippen molar-refractivity contribution in [1.29, 1.82) is 0 Å². The van der Waals surface area contributed by atoms with Crippen LogP contribution in [0, 0.1) is 17.0 Å². The van der Waals surface area contributed by atoms with E-state index in [9.17, 15) is 19.7 Å². The van der Waals surface area contributed by atoms with Crippen molar-refractivity contribution in [2.75, 3.05) is 30.4 Å². The first-order valence-electron chi connectivity index (χ1n) is 8.94. The lowest BCUT2D eigenvalue weighted by Crippen LogP contribution is -2.21. The van der Waals surface area contributed by atoms with Gasteiger partial charge in [0.2, 0.25) is 0 Å². The van der Waals surface area contributed by atoms with E-state index in [4.69, 9.17) is 4.74 Å². The van der Waals surface area contributed by atoms with E-state index >= 15 is 0 Å². The molecule has 1 saturated heterocycles. The van der Waals surface area contributed by atoms with Crippen molar-refractivity contribution in [3.05, 3.63) is 63.2 Å². The van der Waals surface area contributed by atoms with E-state index in [-0.39, 0.29) is 5.69 Å². The van der Waals surface area contributed by atoms with Crippen LogP contribution in [0.25, 0.3) is 0 Å². The second-order valence-electron chi connectivity index (χ2n) is 6.63. The lowest BCUT2D eigenvalue weighted by atomic mass is 10.1. The molecule has 1 fully saturated rings. The molecular formula is C20H21N3O5. The number of anilines is 2. The van der Waals surface area contributed by atoms with Gasteiger partial charge in [0.05, 0.1) is 29.0 Å². The number of hydrogen-bond acceptors (Lipinski definition) is 6. The van der Waals surface area contributed by atoms with Crippen LogP contribution in [-0.4, -0.2) is 37.0 Å². The summed E-state index contributed by atoms with van der Waals surface area (Å²) in [4.78, 5) is 37.3. The zero-order valence-electron chi connectivity index (χ0n) is 15.7. The first kappa shape index (κ1) is 19.3. The lowest BCUT2D eigenvalue weighted by molar-refractivity contribution is -0.385. The molecule has 0 atom stereocenters. The number of aryl methyl sites for hydroxylation is 1. The molecule has 28 heavy (non-hydrogen) atoms. The zero-order valence-corrected chi connectivity index (χ0v) is 15.7. The summed E-state index contributed by atoms with van der Waals surface area (Å²) in [5.74, 6) is -0.893. The van der Waals surface area contributed by atoms with Crippen LogP contribution in [0.2, 0.25) is 0 Å². The number of methoxy groups -OCH3 is 1. The molecule has 0 aromatic heterocycles. The third-order valence-electron chi connectivity index (χ3n) is 4.77. The van der Waals surface area contributed by atoms with Gasteiger partial charge in [-0.25, -0.2) is 4.79 Å². The van der Waals surface area contributed by atoms with Crippen molar-refractivity contribution >= 4 is 28.9 Å². The summed E-state index contributed by atoms with van der Waals surface area (Å²) >= 11 is 0. The van der Waals surface area contributed by atoms with E-state index in [0.717, 1.165) is 31.6 Å². The van der Waals surface area contributed by atoms with E-state index in [1.165, 1.54) is 25.3 Å². The highest BCUT2D eigenvalue weighted by molar-refractivity contribution is 6.07. The Kier molecular flexibility index (Phi) is 5.58. The number of amides is 1. The third-order valence-corrected chi connectivity index (χ3v) is 4.77. The van der Waals surface area contributed by atoms with E-state index in [2.05, 4.69) is 10.2 Å². The second-order valence-corrected chi connectivity index (χ2v) is 6.63. The molecule has 8 nitrogen and oxygen atoms in total. The van der Waals surface area contributed by atoms with Crippen LogP contribution in [0.4, 0.5) is 17.1 Å². The predicted octanol–water partition coefficient (Wildman–Crippen LogP) is 3.54. The molecule has 146 valence electrons. The first-order valence-corrected chi connectivity index (χ1v) is 8.94. The smallest absolute Gasteiger partial charge is 0.337 e. The number of nitro groups is 1. The van der Waals surface area contributed by atoms with Crippen molar-refractivity contribution < 1.29 is 19.2 Å². The van der Waals surface area contributed by atoms with Crippen LogP contribution < -0.4 is 10.2 Å². The Hall–Kier alpha value is -3.42. The van der Waals surface area contributed by atoms with Gasteiger partial charge in [-0.1, -0.05) is 0 Å². The number of carbonyl (C=O) groups is 2. The molecule has 8 heteroatoms. The van der Waals surface area contributed by atoms with Gasteiger partial charge in [-0.2, -0.15) is 0 Å². The number of carbonyl (C=O) groups excluding carboxylic acids is 2. The molecule has 2 aromatic carbocycles. The maximum Gasteiger partial charge on any atom is 0.337 e. The Morgan fingerprint density at radius 1 is 1.11 bits per heavy atom. The SMILES string of the molecule is COC(=O)c1ccc(N2CCCC2)c(NC(=O)c2ccc([N+](=O)[O-])c(C)c2)c1. The van der Waals surface area contributed by atoms with Crippen LogP contribution in [0.3, 0.4) is 0 Å². The number of benzene rings is 2. The third kappa shape index (κ3) is 3.95. The molecule has 1 aliphatic rings. The van der Waals surface area contributed by atoms with Gasteiger partial charge < -0.3 is 15.0 Å². The summed E-state index contributed by atoms with van der Waals surface area (Å²) in [7, 11) is 1.30. The Labute approximate surface area is 162 Å². The number of rotatable bonds is 5. The fraction of sp³-hybridized carbons (Fsp3) is 0.300. The van der Waals surface area contributed by atoms with Crippen molar-refractivity contribution in [3.63, 3.8) is 0 Å². The van der Waals surface area contributed by atoms with Gasteiger partial charge in [0.1, 0.15) is 0 Å². The summed E-state index contributed by atoms with van der Waals surface area (Å²) in [6.07, 6.45) is 2.13. The minimum absolute atomic E-state index is 0.0398. The van der Waals surface area contributed by atoms with Crippen molar-refractivity contribution in [2.45, 2.75) is 19.8 Å². The van der Waals surface area contributed by atoms with Gasteiger partial charge in [0.25, 0.3) is 11.6 Å².